The minimum Gasteiger partial charge on any atom is -0.466 e. The van der Waals surface area contributed by atoms with Gasteiger partial charge in [-0.3, -0.25) is 9.59 Å². The van der Waals surface area contributed by atoms with Crippen molar-refractivity contribution < 1.29 is 14.3 Å². The number of nitrogens with zero attached hydrogens (tertiary/aromatic N) is 4. The van der Waals surface area contributed by atoms with Gasteiger partial charge >= 0.3 is 5.97 Å². The van der Waals surface area contributed by atoms with E-state index < -0.39 is 0 Å². The largest absolute Gasteiger partial charge is 0.466 e. The number of hydrogen-bond donors (Lipinski definition) is 1. The van der Waals surface area contributed by atoms with Crippen LogP contribution in [0.3, 0.4) is 0 Å². The van der Waals surface area contributed by atoms with Gasteiger partial charge in [-0.05, 0) is 51.9 Å². The van der Waals surface area contributed by atoms with E-state index in [9.17, 15) is 9.59 Å². The van der Waals surface area contributed by atoms with Gasteiger partial charge in [0.1, 0.15) is 18.0 Å². The van der Waals surface area contributed by atoms with Crippen LogP contribution in [0, 0.1) is 11.8 Å². The number of likely N-dealkylation sites (tertiary alicyclic amines) is 1. The van der Waals surface area contributed by atoms with Crippen LogP contribution < -0.4 is 10.2 Å². The molecule has 1 N–H and O–H groups in total. The van der Waals surface area contributed by atoms with Gasteiger partial charge in [-0.25, -0.2) is 9.97 Å². The fraction of sp³-hybridized carbons (Fsp3) is 0.727. The lowest BCUT2D eigenvalue weighted by molar-refractivity contribution is -0.151. The number of carbonyl (C=O) groups excluding carboxylic acids is 2. The second-order valence-electron chi connectivity index (χ2n) is 8.19. The summed E-state index contributed by atoms with van der Waals surface area (Å²) < 4.78 is 5.11. The molecule has 1 amide bonds. The van der Waals surface area contributed by atoms with Crippen molar-refractivity contribution >= 4 is 23.5 Å². The molecule has 0 bridgehead atoms. The van der Waals surface area contributed by atoms with Crippen molar-refractivity contribution in [2.75, 3.05) is 49.5 Å². The van der Waals surface area contributed by atoms with E-state index in [1.807, 2.05) is 17.9 Å². The molecule has 0 aliphatic carbocycles. The number of rotatable bonds is 8. The molecule has 0 aromatic carbocycles. The summed E-state index contributed by atoms with van der Waals surface area (Å²) in [6, 6.07) is 2.00. The second-order valence-corrected chi connectivity index (χ2v) is 8.19. The normalized spacial score (nSPS) is 20.1. The fourth-order valence-electron chi connectivity index (χ4n) is 4.42. The van der Waals surface area contributed by atoms with Gasteiger partial charge in [0, 0.05) is 45.2 Å². The molecule has 2 fully saturated rings. The number of aromatic nitrogens is 2. The molecule has 1 aromatic heterocycles. The summed E-state index contributed by atoms with van der Waals surface area (Å²) in [6.07, 6.45) is 6.78. The Hall–Kier alpha value is -2.38. The minimum atomic E-state index is -0.117. The Balaban J connectivity index is 1.44. The van der Waals surface area contributed by atoms with E-state index in [0.717, 1.165) is 50.5 Å². The summed E-state index contributed by atoms with van der Waals surface area (Å²) in [6.45, 7) is 8.37. The van der Waals surface area contributed by atoms with Crippen molar-refractivity contribution in [3.63, 3.8) is 0 Å². The SMILES string of the molecule is CCNc1cc(N2CCC[C@H](CCC(=O)N3CCC(C(=O)OCC)CC3)C2)ncn1. The average molecular weight is 418 g/mol. The lowest BCUT2D eigenvalue weighted by Gasteiger charge is -2.34. The number of anilines is 2. The molecule has 1 atom stereocenters. The molecule has 3 heterocycles. The Labute approximate surface area is 179 Å². The highest BCUT2D eigenvalue weighted by molar-refractivity contribution is 5.77. The zero-order valence-corrected chi connectivity index (χ0v) is 18.3. The highest BCUT2D eigenvalue weighted by Gasteiger charge is 2.29. The zero-order valence-electron chi connectivity index (χ0n) is 18.3. The van der Waals surface area contributed by atoms with E-state index in [1.54, 1.807) is 6.33 Å². The van der Waals surface area contributed by atoms with Crippen LogP contribution in [0.4, 0.5) is 11.6 Å². The summed E-state index contributed by atoms with van der Waals surface area (Å²) >= 11 is 0. The van der Waals surface area contributed by atoms with Gasteiger partial charge < -0.3 is 19.9 Å². The highest BCUT2D eigenvalue weighted by atomic mass is 16.5. The van der Waals surface area contributed by atoms with Gasteiger partial charge in [0.2, 0.25) is 5.91 Å². The van der Waals surface area contributed by atoms with Gasteiger partial charge in [0.05, 0.1) is 12.5 Å². The second kappa shape index (κ2) is 11.1. The maximum absolute atomic E-state index is 12.7. The molecule has 2 saturated heterocycles. The Bertz CT molecular complexity index is 706. The standard InChI is InChI=1S/C22H35N5O3/c1-3-23-19-14-20(25-16-24-19)27-11-5-6-17(15-27)7-8-21(28)26-12-9-18(10-13-26)22(29)30-4-2/h14,16-18H,3-13,15H2,1-2H3,(H,23,24,25)/t17-/m1/s1. The predicted molar refractivity (Wildman–Crippen MR) is 116 cm³/mol. The summed E-state index contributed by atoms with van der Waals surface area (Å²) in [5.74, 6) is 2.35. The first kappa shape index (κ1) is 22.3. The molecule has 2 aliphatic heterocycles. The minimum absolute atomic E-state index is 0.0548. The van der Waals surface area contributed by atoms with Crippen molar-refractivity contribution in [3.8, 4) is 0 Å². The molecular formula is C22H35N5O3. The van der Waals surface area contributed by atoms with Gasteiger partial charge in [-0.15, -0.1) is 0 Å². The number of esters is 1. The Morgan fingerprint density at radius 1 is 1.17 bits per heavy atom. The summed E-state index contributed by atoms with van der Waals surface area (Å²) in [7, 11) is 0. The van der Waals surface area contributed by atoms with E-state index >= 15 is 0 Å². The maximum Gasteiger partial charge on any atom is 0.309 e. The smallest absolute Gasteiger partial charge is 0.309 e. The molecule has 8 nitrogen and oxygen atoms in total. The Morgan fingerprint density at radius 3 is 2.70 bits per heavy atom. The van der Waals surface area contributed by atoms with Gasteiger partial charge in [-0.2, -0.15) is 0 Å². The number of nitrogens with one attached hydrogen (secondary N) is 1. The van der Waals surface area contributed by atoms with Crippen molar-refractivity contribution in [1.82, 2.24) is 14.9 Å². The number of hydrogen-bond acceptors (Lipinski definition) is 7. The quantitative estimate of drug-likeness (QED) is 0.651. The van der Waals surface area contributed by atoms with E-state index in [-0.39, 0.29) is 17.8 Å². The number of piperidine rings is 2. The first-order valence-electron chi connectivity index (χ1n) is 11.4. The van der Waals surface area contributed by atoms with E-state index in [2.05, 4.69) is 27.1 Å². The molecule has 0 unspecified atom stereocenters. The maximum atomic E-state index is 12.7. The van der Waals surface area contributed by atoms with Crippen molar-refractivity contribution in [3.05, 3.63) is 12.4 Å². The van der Waals surface area contributed by atoms with Crippen LogP contribution in [0.25, 0.3) is 0 Å². The summed E-state index contributed by atoms with van der Waals surface area (Å²) in [5.41, 5.74) is 0. The van der Waals surface area contributed by atoms with Crippen molar-refractivity contribution in [1.29, 1.82) is 0 Å². The highest BCUT2D eigenvalue weighted by Crippen LogP contribution is 2.26. The monoisotopic (exact) mass is 417 g/mol. The van der Waals surface area contributed by atoms with E-state index in [0.29, 0.717) is 44.9 Å². The molecule has 0 radical (unpaired) electrons. The van der Waals surface area contributed by atoms with Crippen LogP contribution in [-0.4, -0.2) is 66.1 Å². The van der Waals surface area contributed by atoms with Crippen molar-refractivity contribution in [2.24, 2.45) is 11.8 Å². The van der Waals surface area contributed by atoms with Gasteiger partial charge in [0.15, 0.2) is 0 Å². The van der Waals surface area contributed by atoms with Crippen LogP contribution in [0.1, 0.15) is 52.4 Å². The zero-order chi connectivity index (χ0) is 21.3. The van der Waals surface area contributed by atoms with Gasteiger partial charge in [-0.1, -0.05) is 0 Å². The van der Waals surface area contributed by atoms with Crippen LogP contribution in [0.2, 0.25) is 0 Å². The lowest BCUT2D eigenvalue weighted by atomic mass is 9.92. The van der Waals surface area contributed by atoms with Crippen LogP contribution >= 0.6 is 0 Å². The molecule has 2 aliphatic rings. The molecule has 1 aromatic rings. The predicted octanol–water partition coefficient (Wildman–Crippen LogP) is 2.71. The average Bonchev–Trinajstić information content (AvgIpc) is 2.78. The molecule has 8 heteroatoms. The molecule has 0 saturated carbocycles. The third-order valence-corrected chi connectivity index (χ3v) is 6.09. The Kier molecular flexibility index (Phi) is 8.28. The molecule has 166 valence electrons. The van der Waals surface area contributed by atoms with Crippen LogP contribution in [0.5, 0.6) is 0 Å². The molecule has 30 heavy (non-hydrogen) atoms. The molecular weight excluding hydrogens is 382 g/mol. The molecule has 0 spiro atoms. The first-order chi connectivity index (χ1) is 14.6. The fourth-order valence-corrected chi connectivity index (χ4v) is 4.42. The number of ether oxygens (including phenoxy) is 1. The van der Waals surface area contributed by atoms with Crippen LogP contribution in [0.15, 0.2) is 12.4 Å². The Morgan fingerprint density at radius 2 is 1.97 bits per heavy atom. The summed E-state index contributed by atoms with van der Waals surface area (Å²) in [5, 5.41) is 3.23. The number of amides is 1. The van der Waals surface area contributed by atoms with Gasteiger partial charge in [0.25, 0.3) is 0 Å². The molecule has 3 rings (SSSR count). The third-order valence-electron chi connectivity index (χ3n) is 6.09. The van der Waals surface area contributed by atoms with E-state index in [1.165, 1.54) is 0 Å². The van der Waals surface area contributed by atoms with Crippen LogP contribution in [-0.2, 0) is 14.3 Å². The number of carbonyl (C=O) groups is 2. The third kappa shape index (κ3) is 6.06. The van der Waals surface area contributed by atoms with Crippen molar-refractivity contribution in [2.45, 2.75) is 52.4 Å². The lowest BCUT2D eigenvalue weighted by Crippen LogP contribution is -2.41. The topological polar surface area (TPSA) is 87.7 Å². The summed E-state index contributed by atoms with van der Waals surface area (Å²) in [4.78, 5) is 37.5. The van der Waals surface area contributed by atoms with E-state index in [4.69, 9.17) is 4.74 Å². The first-order valence-corrected chi connectivity index (χ1v) is 11.4.